The summed E-state index contributed by atoms with van der Waals surface area (Å²) >= 11 is 0. The first-order valence-corrected chi connectivity index (χ1v) is 13.4. The lowest BCUT2D eigenvalue weighted by Gasteiger charge is -2.33. The molecular formula is C26H42N4O10. The first-order valence-electron chi connectivity index (χ1n) is 13.4. The summed E-state index contributed by atoms with van der Waals surface area (Å²) in [4.78, 5) is 58.3. The van der Waals surface area contributed by atoms with Crippen molar-refractivity contribution < 1.29 is 48.5 Å². The first-order chi connectivity index (χ1) is 18.4. The number of nitrogens with one attached hydrogen (secondary N) is 2. The van der Waals surface area contributed by atoms with Crippen LogP contribution in [0.2, 0.25) is 0 Å². The molecule has 14 nitrogen and oxygen atoms in total. The zero-order valence-corrected chi connectivity index (χ0v) is 24.2. The Labute approximate surface area is 233 Å². The molecule has 40 heavy (non-hydrogen) atoms. The van der Waals surface area contributed by atoms with Crippen molar-refractivity contribution in [3.05, 3.63) is 12.2 Å². The number of alkyl carbamates (subject to hydrolysis) is 2. The summed E-state index contributed by atoms with van der Waals surface area (Å²) in [6.45, 7) is 13.6. The number of rotatable bonds is 4. The second kappa shape index (κ2) is 11.9. The molecule has 14 heteroatoms. The molecule has 3 fully saturated rings. The average molecular weight is 571 g/mol. The third-order valence-corrected chi connectivity index (χ3v) is 6.36. The Morgan fingerprint density at radius 1 is 0.800 bits per heavy atom. The minimum Gasteiger partial charge on any atom is -0.444 e. The van der Waals surface area contributed by atoms with Gasteiger partial charge in [0.15, 0.2) is 0 Å². The fraction of sp³-hybridized carbons (Fsp3) is 0.769. The average Bonchev–Trinajstić information content (AvgIpc) is 3.59. The van der Waals surface area contributed by atoms with Gasteiger partial charge in [-0.05, 0) is 55.4 Å². The van der Waals surface area contributed by atoms with Gasteiger partial charge in [0.1, 0.15) is 47.7 Å². The van der Waals surface area contributed by atoms with E-state index in [1.54, 1.807) is 48.5 Å². The van der Waals surface area contributed by atoms with E-state index in [9.17, 15) is 29.4 Å². The molecule has 4 aliphatic rings. The van der Waals surface area contributed by atoms with Crippen LogP contribution in [0, 0.1) is 0 Å². The monoisotopic (exact) mass is 570 g/mol. The summed E-state index contributed by atoms with van der Waals surface area (Å²) in [7, 11) is 0. The Morgan fingerprint density at radius 2 is 1.30 bits per heavy atom. The molecule has 2 saturated heterocycles. The minimum atomic E-state index is -1.03. The Balaban J connectivity index is 0.000000222. The quantitative estimate of drug-likeness (QED) is 0.355. The Bertz CT molecular complexity index is 1000. The Kier molecular flexibility index (Phi) is 9.39. The smallest absolute Gasteiger partial charge is 0.408 e. The predicted molar refractivity (Wildman–Crippen MR) is 139 cm³/mol. The zero-order chi connectivity index (χ0) is 30.2. The Hall–Kier alpha value is -2.94. The fourth-order valence-electron chi connectivity index (χ4n) is 4.56. The highest BCUT2D eigenvalue weighted by atomic mass is 16.7. The number of carbonyl (C=O) groups excluding carboxylic acids is 4. The molecule has 0 aromatic rings. The molecule has 4 N–H and O–H groups in total. The minimum absolute atomic E-state index is 0.0114. The predicted octanol–water partition coefficient (Wildman–Crippen LogP) is 0.907. The molecule has 4 rings (SSSR count). The van der Waals surface area contributed by atoms with Gasteiger partial charge in [0.2, 0.25) is 0 Å². The number of hydrogen-bond donors (Lipinski definition) is 4. The van der Waals surface area contributed by atoms with Crippen molar-refractivity contribution >= 4 is 24.0 Å². The maximum Gasteiger partial charge on any atom is 0.408 e. The van der Waals surface area contributed by atoms with E-state index in [0.717, 1.165) is 11.5 Å². The van der Waals surface area contributed by atoms with Crippen molar-refractivity contribution in [2.24, 2.45) is 0 Å². The van der Waals surface area contributed by atoms with Crippen LogP contribution in [-0.2, 0) is 28.7 Å². The summed E-state index contributed by atoms with van der Waals surface area (Å²) in [6, 6.07) is -2.13. The van der Waals surface area contributed by atoms with Gasteiger partial charge >= 0.3 is 12.2 Å². The lowest BCUT2D eigenvalue weighted by Crippen LogP contribution is -2.55. The van der Waals surface area contributed by atoms with Crippen molar-refractivity contribution in [1.29, 1.82) is 0 Å². The summed E-state index contributed by atoms with van der Waals surface area (Å²) in [5, 5.41) is 26.7. The third-order valence-electron chi connectivity index (χ3n) is 6.36. The number of amides is 4. The number of carbonyl (C=O) groups is 4. The van der Waals surface area contributed by atoms with Crippen molar-refractivity contribution in [1.82, 2.24) is 20.8 Å². The molecule has 4 amide bonds. The maximum absolute atomic E-state index is 12.2. The highest BCUT2D eigenvalue weighted by molar-refractivity contribution is 5.86. The molecule has 0 aromatic heterocycles. The summed E-state index contributed by atoms with van der Waals surface area (Å²) in [6.07, 6.45) is 1.17. The standard InChI is InChI=1S/C13H22N2O6.C13H20N2O4/c1-6(14-12(19)20-13(2,3)4)11(18)15-7-5-8(21-15)10(17)9(7)16;1-8(14-12(17)18-13(2,3)4)11(16)15-9-5-6-10(7-9)19-15/h6-10,16-17H,5H2,1-4H3,(H,14,19);5-6,8-10H,7H2,1-4H3,(H,14,17)/t6-,7?,8?,9?,10?;8-,9?,10?/m11/s1. The van der Waals surface area contributed by atoms with Gasteiger partial charge in [-0.3, -0.25) is 19.3 Å². The van der Waals surface area contributed by atoms with E-state index in [2.05, 4.69) is 10.6 Å². The van der Waals surface area contributed by atoms with Crippen LogP contribution in [0.3, 0.4) is 0 Å². The topological polar surface area (TPSA) is 176 Å². The Morgan fingerprint density at radius 3 is 1.68 bits per heavy atom. The molecule has 2 heterocycles. The van der Waals surface area contributed by atoms with Gasteiger partial charge in [-0.25, -0.2) is 19.7 Å². The van der Waals surface area contributed by atoms with Gasteiger partial charge in [-0.15, -0.1) is 0 Å². The number of ether oxygens (including phenoxy) is 2. The summed E-state index contributed by atoms with van der Waals surface area (Å²) in [5.74, 6) is -0.748. The highest BCUT2D eigenvalue weighted by Crippen LogP contribution is 2.36. The number of hydroxylamine groups is 4. The van der Waals surface area contributed by atoms with E-state index in [1.165, 1.54) is 12.0 Å². The van der Waals surface area contributed by atoms with Crippen molar-refractivity contribution in [2.45, 2.75) is 128 Å². The van der Waals surface area contributed by atoms with Gasteiger partial charge < -0.3 is 30.3 Å². The van der Waals surface area contributed by atoms with Crippen molar-refractivity contribution in [3.8, 4) is 0 Å². The molecule has 0 aromatic carbocycles. The largest absolute Gasteiger partial charge is 0.444 e. The first kappa shape index (κ1) is 31.6. The van der Waals surface area contributed by atoms with Crippen molar-refractivity contribution in [2.75, 3.05) is 0 Å². The normalized spacial score (nSPS) is 29.9. The van der Waals surface area contributed by atoms with Gasteiger partial charge in [-0.1, -0.05) is 12.2 Å². The van der Waals surface area contributed by atoms with Gasteiger partial charge in [-0.2, -0.15) is 0 Å². The lowest BCUT2D eigenvalue weighted by molar-refractivity contribution is -0.240. The van der Waals surface area contributed by atoms with Crippen LogP contribution >= 0.6 is 0 Å². The number of fused-ring (bicyclic) bond motifs is 4. The molecule has 0 spiro atoms. The molecule has 8 atom stereocenters. The van der Waals surface area contributed by atoms with E-state index < -0.39 is 65.7 Å². The molecule has 1 saturated carbocycles. The number of nitrogens with zero attached hydrogens (tertiary/aromatic N) is 2. The molecule has 2 aliphatic carbocycles. The maximum atomic E-state index is 12.2. The number of aliphatic hydroxyl groups is 2. The van der Waals surface area contributed by atoms with Crippen LogP contribution in [0.4, 0.5) is 9.59 Å². The van der Waals surface area contributed by atoms with E-state index in [4.69, 9.17) is 19.1 Å². The second-order valence-corrected chi connectivity index (χ2v) is 12.3. The summed E-state index contributed by atoms with van der Waals surface area (Å²) in [5.41, 5.74) is -1.24. The van der Waals surface area contributed by atoms with Gasteiger partial charge in [0.25, 0.3) is 11.8 Å². The van der Waals surface area contributed by atoms with Gasteiger partial charge in [0, 0.05) is 12.8 Å². The van der Waals surface area contributed by atoms with Crippen LogP contribution < -0.4 is 10.6 Å². The highest BCUT2D eigenvalue weighted by Gasteiger charge is 2.55. The number of aliphatic hydroxyl groups excluding tert-OH is 2. The summed E-state index contributed by atoms with van der Waals surface area (Å²) < 4.78 is 10.2. The van der Waals surface area contributed by atoms with Crippen LogP contribution in [-0.4, -0.2) is 104 Å². The molecule has 226 valence electrons. The van der Waals surface area contributed by atoms with E-state index >= 15 is 0 Å². The second-order valence-electron chi connectivity index (χ2n) is 12.3. The third kappa shape index (κ3) is 7.83. The van der Waals surface area contributed by atoms with Crippen LogP contribution in [0.15, 0.2) is 12.2 Å². The molecule has 0 radical (unpaired) electrons. The number of hydrogen-bond acceptors (Lipinski definition) is 10. The lowest BCUT2D eigenvalue weighted by atomic mass is 10.1. The van der Waals surface area contributed by atoms with Crippen molar-refractivity contribution in [3.63, 3.8) is 0 Å². The molecular weight excluding hydrogens is 528 g/mol. The van der Waals surface area contributed by atoms with Crippen LogP contribution in [0.25, 0.3) is 0 Å². The van der Waals surface area contributed by atoms with Gasteiger partial charge in [0.05, 0.1) is 12.1 Å². The zero-order valence-electron chi connectivity index (χ0n) is 24.2. The molecule has 4 bridgehead atoms. The molecule has 2 aliphatic heterocycles. The SMILES string of the molecule is C[C@@H](NC(=O)OC(C)(C)C)C(=O)N1OC2C=CC1C2.C[C@@H](NC(=O)OC(C)(C)C)C(=O)N1OC2CC1C(O)C2O. The van der Waals surface area contributed by atoms with E-state index in [0.29, 0.717) is 6.42 Å². The van der Waals surface area contributed by atoms with Crippen LogP contribution in [0.5, 0.6) is 0 Å². The fourth-order valence-corrected chi connectivity index (χ4v) is 4.56. The van der Waals surface area contributed by atoms with E-state index in [1.807, 2.05) is 12.2 Å². The van der Waals surface area contributed by atoms with E-state index in [-0.39, 0.29) is 18.1 Å². The molecule has 6 unspecified atom stereocenters. The van der Waals surface area contributed by atoms with Crippen LogP contribution in [0.1, 0.15) is 68.2 Å².